The van der Waals surface area contributed by atoms with Crippen LogP contribution in [0.5, 0.6) is 11.8 Å². The molecule has 2 aliphatic heterocycles. The minimum absolute atomic E-state index is 0.127. The number of fused-ring (bicyclic) bond motifs is 1. The van der Waals surface area contributed by atoms with Gasteiger partial charge in [-0.2, -0.15) is 4.98 Å². The summed E-state index contributed by atoms with van der Waals surface area (Å²) in [6.07, 6.45) is 0.575. The number of rotatable bonds is 6. The normalized spacial score (nSPS) is 19.5. The largest absolute Gasteiger partial charge is 0.481 e. The highest BCUT2D eigenvalue weighted by molar-refractivity contribution is 6.05. The molecular weight excluding hydrogens is 368 g/mol. The molecule has 1 unspecified atom stereocenters. The van der Waals surface area contributed by atoms with E-state index in [9.17, 15) is 14.4 Å². The van der Waals surface area contributed by atoms with Crippen LogP contribution in [0.1, 0.15) is 16.8 Å². The van der Waals surface area contributed by atoms with E-state index in [4.69, 9.17) is 14.2 Å². The van der Waals surface area contributed by atoms with E-state index in [2.05, 4.69) is 4.98 Å². The van der Waals surface area contributed by atoms with Crippen molar-refractivity contribution in [1.29, 1.82) is 0 Å². The summed E-state index contributed by atoms with van der Waals surface area (Å²) >= 11 is 0. The average Bonchev–Trinajstić information content (AvgIpc) is 2.87. The van der Waals surface area contributed by atoms with E-state index in [0.717, 1.165) is 0 Å². The van der Waals surface area contributed by atoms with Crippen molar-refractivity contribution in [1.82, 2.24) is 19.7 Å². The number of imide groups is 1. The van der Waals surface area contributed by atoms with Crippen molar-refractivity contribution in [2.45, 2.75) is 12.5 Å². The number of carbonyl (C=O) groups is 3. The summed E-state index contributed by atoms with van der Waals surface area (Å²) < 4.78 is 15.3. The van der Waals surface area contributed by atoms with E-state index in [-0.39, 0.29) is 49.0 Å². The molecule has 0 radical (unpaired) electrons. The highest BCUT2D eigenvalue weighted by atomic mass is 16.5. The fourth-order valence-electron chi connectivity index (χ4n) is 3.45. The van der Waals surface area contributed by atoms with Gasteiger partial charge in [0.25, 0.3) is 11.8 Å². The molecular formula is C18H24N4O6. The van der Waals surface area contributed by atoms with Gasteiger partial charge >= 0.3 is 6.03 Å². The molecule has 1 aromatic heterocycles. The lowest BCUT2D eigenvalue weighted by molar-refractivity contribution is -0.128. The lowest BCUT2D eigenvalue weighted by Gasteiger charge is -2.24. The molecule has 0 bridgehead atoms. The number of hydrogen-bond acceptors (Lipinski definition) is 7. The monoisotopic (exact) mass is 392 g/mol. The smallest absolute Gasteiger partial charge is 0.327 e. The van der Waals surface area contributed by atoms with Gasteiger partial charge in [0.2, 0.25) is 11.8 Å². The van der Waals surface area contributed by atoms with Gasteiger partial charge in [0.15, 0.2) is 0 Å². The molecule has 152 valence electrons. The van der Waals surface area contributed by atoms with Crippen molar-refractivity contribution in [3.8, 4) is 11.8 Å². The van der Waals surface area contributed by atoms with Crippen LogP contribution in [0.3, 0.4) is 0 Å². The highest BCUT2D eigenvalue weighted by Gasteiger charge is 2.47. The second-order valence-corrected chi connectivity index (χ2v) is 6.49. The van der Waals surface area contributed by atoms with Gasteiger partial charge in [-0.1, -0.05) is 0 Å². The molecule has 4 amide bonds. The molecule has 2 saturated heterocycles. The molecule has 0 aromatic carbocycles. The Morgan fingerprint density at radius 2 is 1.96 bits per heavy atom. The molecule has 1 atom stereocenters. The van der Waals surface area contributed by atoms with E-state index in [0.29, 0.717) is 25.4 Å². The third-order valence-electron chi connectivity index (χ3n) is 4.90. The molecule has 1 aromatic rings. The lowest BCUT2D eigenvalue weighted by Crippen LogP contribution is -2.43. The Morgan fingerprint density at radius 3 is 2.64 bits per heavy atom. The van der Waals surface area contributed by atoms with Crippen LogP contribution in [-0.2, 0) is 9.53 Å². The summed E-state index contributed by atoms with van der Waals surface area (Å²) in [6.45, 7) is 1.45. The molecule has 0 aliphatic carbocycles. The van der Waals surface area contributed by atoms with Crippen molar-refractivity contribution in [3.05, 3.63) is 17.7 Å². The minimum Gasteiger partial charge on any atom is -0.481 e. The highest BCUT2D eigenvalue weighted by Crippen LogP contribution is 2.25. The predicted octanol–water partition coefficient (Wildman–Crippen LogP) is 0.224. The van der Waals surface area contributed by atoms with Crippen LogP contribution >= 0.6 is 0 Å². The SMILES string of the molecule is COCCN1C(=O)C2CN(C(=O)c3ccc(OC)nc3OC)CCCN2C1=O. The number of pyridine rings is 1. The Bertz CT molecular complexity index is 770. The van der Waals surface area contributed by atoms with E-state index in [1.807, 2.05) is 0 Å². The van der Waals surface area contributed by atoms with Gasteiger partial charge in [0, 0.05) is 26.3 Å². The molecule has 3 heterocycles. The third kappa shape index (κ3) is 3.59. The number of ether oxygens (including phenoxy) is 3. The maximum absolute atomic E-state index is 13.1. The summed E-state index contributed by atoms with van der Waals surface area (Å²) in [5.41, 5.74) is 0.282. The first-order chi connectivity index (χ1) is 13.5. The van der Waals surface area contributed by atoms with Crippen LogP contribution in [0.25, 0.3) is 0 Å². The van der Waals surface area contributed by atoms with Crippen LogP contribution in [0, 0.1) is 0 Å². The van der Waals surface area contributed by atoms with Crippen molar-refractivity contribution in [2.24, 2.45) is 0 Å². The maximum Gasteiger partial charge on any atom is 0.327 e. The van der Waals surface area contributed by atoms with E-state index < -0.39 is 6.04 Å². The molecule has 10 nitrogen and oxygen atoms in total. The van der Waals surface area contributed by atoms with Gasteiger partial charge < -0.3 is 24.0 Å². The second-order valence-electron chi connectivity index (χ2n) is 6.49. The van der Waals surface area contributed by atoms with Crippen molar-refractivity contribution in [3.63, 3.8) is 0 Å². The van der Waals surface area contributed by atoms with E-state index in [1.54, 1.807) is 17.0 Å². The number of hydrogen-bond donors (Lipinski definition) is 0. The van der Waals surface area contributed by atoms with Gasteiger partial charge in [-0.15, -0.1) is 0 Å². The Kier molecular flexibility index (Phi) is 5.98. The number of aromatic nitrogens is 1. The Morgan fingerprint density at radius 1 is 1.18 bits per heavy atom. The molecule has 0 spiro atoms. The topological polar surface area (TPSA) is 102 Å². The summed E-state index contributed by atoms with van der Waals surface area (Å²) in [5.74, 6) is -0.118. The fourth-order valence-corrected chi connectivity index (χ4v) is 3.45. The predicted molar refractivity (Wildman–Crippen MR) is 97.3 cm³/mol. The second kappa shape index (κ2) is 8.42. The Labute approximate surface area is 162 Å². The molecule has 2 aliphatic rings. The Hall–Kier alpha value is -2.88. The Balaban J connectivity index is 1.81. The van der Waals surface area contributed by atoms with Gasteiger partial charge in [-0.05, 0) is 12.5 Å². The van der Waals surface area contributed by atoms with Gasteiger partial charge in [0.05, 0.1) is 33.9 Å². The van der Waals surface area contributed by atoms with Crippen LogP contribution in [0.2, 0.25) is 0 Å². The van der Waals surface area contributed by atoms with E-state index >= 15 is 0 Å². The molecule has 10 heteroatoms. The number of methoxy groups -OCH3 is 3. The minimum atomic E-state index is -0.687. The third-order valence-corrected chi connectivity index (χ3v) is 4.90. The number of amides is 4. The zero-order chi connectivity index (χ0) is 20.3. The first-order valence-electron chi connectivity index (χ1n) is 9.01. The first kappa shape index (κ1) is 19.9. The van der Waals surface area contributed by atoms with Crippen molar-refractivity contribution in [2.75, 3.05) is 54.1 Å². The fraction of sp³-hybridized carbons (Fsp3) is 0.556. The quantitative estimate of drug-likeness (QED) is 0.639. The molecule has 0 saturated carbocycles. The number of urea groups is 1. The summed E-state index contributed by atoms with van der Waals surface area (Å²) in [5, 5.41) is 0. The standard InChI is InChI=1S/C18H24N4O6/c1-26-10-9-22-17(24)13-11-20(7-4-8-21(13)18(22)25)16(23)12-5-6-14(27-2)19-15(12)28-3/h5-6,13H,4,7-11H2,1-3H3. The number of nitrogens with zero attached hydrogens (tertiary/aromatic N) is 4. The van der Waals surface area contributed by atoms with Crippen molar-refractivity contribution >= 4 is 17.8 Å². The maximum atomic E-state index is 13.1. The lowest BCUT2D eigenvalue weighted by atomic mass is 10.2. The molecule has 0 N–H and O–H groups in total. The summed E-state index contributed by atoms with van der Waals surface area (Å²) in [6, 6.07) is 2.15. The number of carbonyl (C=O) groups excluding carboxylic acids is 3. The summed E-state index contributed by atoms with van der Waals surface area (Å²) in [7, 11) is 4.42. The van der Waals surface area contributed by atoms with Crippen LogP contribution in [0.15, 0.2) is 12.1 Å². The zero-order valence-electron chi connectivity index (χ0n) is 16.2. The van der Waals surface area contributed by atoms with Crippen LogP contribution in [0.4, 0.5) is 4.79 Å². The van der Waals surface area contributed by atoms with Gasteiger partial charge in [-0.3, -0.25) is 14.5 Å². The van der Waals surface area contributed by atoms with Crippen LogP contribution < -0.4 is 9.47 Å². The van der Waals surface area contributed by atoms with Gasteiger partial charge in [-0.25, -0.2) is 4.79 Å². The zero-order valence-corrected chi connectivity index (χ0v) is 16.2. The summed E-state index contributed by atoms with van der Waals surface area (Å²) in [4.78, 5) is 46.8. The first-order valence-corrected chi connectivity index (χ1v) is 9.01. The van der Waals surface area contributed by atoms with E-state index in [1.165, 1.54) is 31.1 Å². The average molecular weight is 392 g/mol. The molecule has 3 rings (SSSR count). The molecule has 2 fully saturated rings. The van der Waals surface area contributed by atoms with Crippen molar-refractivity contribution < 1.29 is 28.6 Å². The van der Waals surface area contributed by atoms with Gasteiger partial charge in [0.1, 0.15) is 11.6 Å². The molecule has 28 heavy (non-hydrogen) atoms. The van der Waals surface area contributed by atoms with Crippen LogP contribution in [-0.4, -0.2) is 97.7 Å².